The summed E-state index contributed by atoms with van der Waals surface area (Å²) in [5, 5.41) is 15.6. The molecule has 1 fully saturated rings. The van der Waals surface area contributed by atoms with Crippen LogP contribution in [-0.2, 0) is 6.42 Å². The molecule has 1 unspecified atom stereocenters. The summed E-state index contributed by atoms with van der Waals surface area (Å²) in [4.78, 5) is 1.42. The lowest BCUT2D eigenvalue weighted by Gasteiger charge is -2.31. The van der Waals surface area contributed by atoms with E-state index in [2.05, 4.69) is 29.8 Å². The summed E-state index contributed by atoms with van der Waals surface area (Å²) in [6, 6.07) is 5.04. The third-order valence-corrected chi connectivity index (χ3v) is 4.21. The standard InChI is InChI=1S/C13H21NOS/c1-10(9-11-5-4-8-16-11)14-12-6-2-3-7-13(12)15/h4-5,8,10,12-15H,2-3,6-7,9H2,1H3/t10?,12-,13-/m0/s1. The molecule has 2 nitrogen and oxygen atoms in total. The molecule has 0 radical (unpaired) electrons. The Kier molecular flexibility index (Phi) is 4.38. The molecule has 0 aliphatic heterocycles. The first-order valence-corrected chi connectivity index (χ1v) is 7.10. The van der Waals surface area contributed by atoms with Crippen molar-refractivity contribution in [1.82, 2.24) is 5.32 Å². The molecule has 0 spiro atoms. The van der Waals surface area contributed by atoms with Gasteiger partial charge in [-0.15, -0.1) is 11.3 Å². The molecule has 1 aliphatic carbocycles. The number of hydrogen-bond acceptors (Lipinski definition) is 3. The molecular weight excluding hydrogens is 218 g/mol. The van der Waals surface area contributed by atoms with Crippen molar-refractivity contribution in [1.29, 1.82) is 0 Å². The Morgan fingerprint density at radius 3 is 3.00 bits per heavy atom. The van der Waals surface area contributed by atoms with Gasteiger partial charge in [0, 0.05) is 17.0 Å². The first-order valence-electron chi connectivity index (χ1n) is 6.22. The van der Waals surface area contributed by atoms with Crippen LogP contribution in [0, 0.1) is 0 Å². The van der Waals surface area contributed by atoms with E-state index in [0.717, 1.165) is 19.3 Å². The minimum atomic E-state index is -0.139. The van der Waals surface area contributed by atoms with Gasteiger partial charge in [-0.3, -0.25) is 0 Å². The molecule has 0 bridgehead atoms. The zero-order chi connectivity index (χ0) is 11.4. The number of aliphatic hydroxyl groups is 1. The molecule has 0 aromatic carbocycles. The van der Waals surface area contributed by atoms with E-state index >= 15 is 0 Å². The fraction of sp³-hybridized carbons (Fsp3) is 0.692. The van der Waals surface area contributed by atoms with Crippen LogP contribution in [0.3, 0.4) is 0 Å². The van der Waals surface area contributed by atoms with E-state index in [4.69, 9.17) is 0 Å². The second kappa shape index (κ2) is 5.80. The van der Waals surface area contributed by atoms with Crippen molar-refractivity contribution in [2.24, 2.45) is 0 Å². The van der Waals surface area contributed by atoms with E-state index in [1.807, 2.05) is 11.3 Å². The predicted molar refractivity (Wildman–Crippen MR) is 68.9 cm³/mol. The van der Waals surface area contributed by atoms with E-state index in [1.165, 1.54) is 17.7 Å². The topological polar surface area (TPSA) is 32.3 Å². The minimum Gasteiger partial charge on any atom is -0.392 e. The molecule has 1 heterocycles. The van der Waals surface area contributed by atoms with Crippen molar-refractivity contribution in [3.63, 3.8) is 0 Å². The second-order valence-electron chi connectivity index (χ2n) is 4.81. The van der Waals surface area contributed by atoms with Crippen LogP contribution in [-0.4, -0.2) is 23.3 Å². The largest absolute Gasteiger partial charge is 0.392 e. The van der Waals surface area contributed by atoms with Crippen molar-refractivity contribution in [3.8, 4) is 0 Å². The number of aliphatic hydroxyl groups excluding tert-OH is 1. The fourth-order valence-electron chi connectivity index (χ4n) is 2.46. The molecule has 2 rings (SSSR count). The summed E-state index contributed by atoms with van der Waals surface area (Å²) in [5.41, 5.74) is 0. The van der Waals surface area contributed by atoms with Crippen molar-refractivity contribution >= 4 is 11.3 Å². The summed E-state index contributed by atoms with van der Waals surface area (Å²) in [5.74, 6) is 0. The number of rotatable bonds is 4. The quantitative estimate of drug-likeness (QED) is 0.846. The SMILES string of the molecule is CC(Cc1cccs1)N[C@H]1CCCC[C@@H]1O. The minimum absolute atomic E-state index is 0.139. The van der Waals surface area contributed by atoms with Crippen molar-refractivity contribution in [3.05, 3.63) is 22.4 Å². The average Bonchev–Trinajstić information content (AvgIpc) is 2.74. The highest BCUT2D eigenvalue weighted by Gasteiger charge is 2.23. The molecule has 1 saturated carbocycles. The van der Waals surface area contributed by atoms with Crippen LogP contribution in [0.5, 0.6) is 0 Å². The molecule has 0 amide bonds. The van der Waals surface area contributed by atoms with Gasteiger partial charge in [-0.1, -0.05) is 18.9 Å². The Labute approximate surface area is 102 Å². The molecule has 0 saturated heterocycles. The lowest BCUT2D eigenvalue weighted by Crippen LogP contribution is -2.46. The smallest absolute Gasteiger partial charge is 0.0693 e. The average molecular weight is 239 g/mol. The monoisotopic (exact) mass is 239 g/mol. The maximum Gasteiger partial charge on any atom is 0.0693 e. The maximum absolute atomic E-state index is 9.88. The van der Waals surface area contributed by atoms with E-state index in [9.17, 15) is 5.11 Å². The van der Waals surface area contributed by atoms with Crippen LogP contribution in [0.4, 0.5) is 0 Å². The van der Waals surface area contributed by atoms with Gasteiger partial charge in [-0.2, -0.15) is 0 Å². The lowest BCUT2D eigenvalue weighted by atomic mass is 9.92. The highest BCUT2D eigenvalue weighted by atomic mass is 32.1. The first kappa shape index (κ1) is 12.1. The molecule has 3 heteroatoms. The normalized spacial score (nSPS) is 27.9. The van der Waals surface area contributed by atoms with Crippen molar-refractivity contribution in [2.45, 2.75) is 57.2 Å². The van der Waals surface area contributed by atoms with Gasteiger partial charge in [0.2, 0.25) is 0 Å². The van der Waals surface area contributed by atoms with Crippen LogP contribution < -0.4 is 5.32 Å². The molecule has 2 N–H and O–H groups in total. The zero-order valence-electron chi connectivity index (χ0n) is 9.86. The molecule has 16 heavy (non-hydrogen) atoms. The highest BCUT2D eigenvalue weighted by Crippen LogP contribution is 2.19. The van der Waals surface area contributed by atoms with Crippen LogP contribution in [0.2, 0.25) is 0 Å². The molecule has 1 aromatic rings. The number of hydrogen-bond donors (Lipinski definition) is 2. The van der Waals surface area contributed by atoms with Gasteiger partial charge >= 0.3 is 0 Å². The van der Waals surface area contributed by atoms with E-state index in [-0.39, 0.29) is 6.10 Å². The Hall–Kier alpha value is -0.380. The van der Waals surface area contributed by atoms with E-state index in [0.29, 0.717) is 12.1 Å². The van der Waals surface area contributed by atoms with Gasteiger partial charge in [0.25, 0.3) is 0 Å². The summed E-state index contributed by atoms with van der Waals surface area (Å²) < 4.78 is 0. The molecule has 90 valence electrons. The summed E-state index contributed by atoms with van der Waals surface area (Å²) in [7, 11) is 0. The summed E-state index contributed by atoms with van der Waals surface area (Å²) in [6.07, 6.45) is 5.44. The van der Waals surface area contributed by atoms with Crippen LogP contribution in [0.25, 0.3) is 0 Å². The van der Waals surface area contributed by atoms with Crippen LogP contribution in [0.15, 0.2) is 17.5 Å². The summed E-state index contributed by atoms with van der Waals surface area (Å²) >= 11 is 1.81. The third-order valence-electron chi connectivity index (χ3n) is 3.32. The van der Waals surface area contributed by atoms with Crippen LogP contribution >= 0.6 is 11.3 Å². The van der Waals surface area contributed by atoms with E-state index < -0.39 is 0 Å². The van der Waals surface area contributed by atoms with Gasteiger partial charge < -0.3 is 10.4 Å². The highest BCUT2D eigenvalue weighted by molar-refractivity contribution is 7.09. The van der Waals surface area contributed by atoms with Crippen molar-refractivity contribution < 1.29 is 5.11 Å². The third kappa shape index (κ3) is 3.30. The van der Waals surface area contributed by atoms with E-state index in [1.54, 1.807) is 0 Å². The Bertz CT molecular complexity index is 299. The van der Waals surface area contributed by atoms with Gasteiger partial charge in [0.05, 0.1) is 6.10 Å². The van der Waals surface area contributed by atoms with Gasteiger partial charge in [0.15, 0.2) is 0 Å². The predicted octanol–water partition coefficient (Wildman–Crippen LogP) is 2.57. The Morgan fingerprint density at radius 1 is 1.50 bits per heavy atom. The van der Waals surface area contributed by atoms with Gasteiger partial charge in [0.1, 0.15) is 0 Å². The fourth-order valence-corrected chi connectivity index (χ4v) is 3.30. The lowest BCUT2D eigenvalue weighted by molar-refractivity contribution is 0.0860. The number of thiophene rings is 1. The molecular formula is C13H21NOS. The van der Waals surface area contributed by atoms with Gasteiger partial charge in [-0.05, 0) is 37.6 Å². The zero-order valence-corrected chi connectivity index (χ0v) is 10.7. The van der Waals surface area contributed by atoms with Crippen LogP contribution in [0.1, 0.15) is 37.5 Å². The second-order valence-corrected chi connectivity index (χ2v) is 5.84. The van der Waals surface area contributed by atoms with Gasteiger partial charge in [-0.25, -0.2) is 0 Å². The Balaban J connectivity index is 1.79. The molecule has 1 aliphatic rings. The molecule has 1 aromatic heterocycles. The maximum atomic E-state index is 9.88. The first-order chi connectivity index (χ1) is 7.75. The Morgan fingerprint density at radius 2 is 2.31 bits per heavy atom. The molecule has 3 atom stereocenters. The van der Waals surface area contributed by atoms with Crippen molar-refractivity contribution in [2.75, 3.05) is 0 Å². The number of nitrogens with one attached hydrogen (secondary N) is 1. The summed E-state index contributed by atoms with van der Waals surface area (Å²) in [6.45, 7) is 2.21.